The molecule has 8 heteroatoms. The number of benzene rings is 1. The summed E-state index contributed by atoms with van der Waals surface area (Å²) < 4.78 is 42.7. The van der Waals surface area contributed by atoms with Crippen LogP contribution in [0.5, 0.6) is 0 Å². The average molecular weight is 290 g/mol. The standard InChI is InChI=1S/C12H17F3N4O/c1-8(7-20-2)17-11(19-16)18-10-5-3-4-9(6-10)12(13,14)15/h3-6,8H,7,16H2,1-2H3,(H2,17,18,19). The Morgan fingerprint density at radius 3 is 2.70 bits per heavy atom. The van der Waals surface area contributed by atoms with Crippen molar-refractivity contribution in [3.8, 4) is 0 Å². The number of nitrogens with two attached hydrogens (primary N) is 1. The van der Waals surface area contributed by atoms with E-state index < -0.39 is 11.7 Å². The number of hydrogen-bond donors (Lipinski definition) is 3. The van der Waals surface area contributed by atoms with Crippen molar-refractivity contribution in [2.24, 2.45) is 10.8 Å². The number of guanidine groups is 1. The average Bonchev–Trinajstić information content (AvgIpc) is 2.37. The van der Waals surface area contributed by atoms with Crippen molar-refractivity contribution in [3.63, 3.8) is 0 Å². The number of nitrogens with zero attached hydrogens (tertiary/aromatic N) is 1. The van der Waals surface area contributed by atoms with E-state index in [0.29, 0.717) is 6.61 Å². The molecule has 0 heterocycles. The van der Waals surface area contributed by atoms with E-state index in [1.807, 2.05) is 0 Å². The molecule has 0 saturated heterocycles. The maximum absolute atomic E-state index is 12.6. The molecule has 112 valence electrons. The summed E-state index contributed by atoms with van der Waals surface area (Å²) in [5, 5.41) is 2.69. The smallest absolute Gasteiger partial charge is 0.382 e. The summed E-state index contributed by atoms with van der Waals surface area (Å²) >= 11 is 0. The molecule has 1 aromatic carbocycles. The molecule has 0 bridgehead atoms. The van der Waals surface area contributed by atoms with Gasteiger partial charge in [0.1, 0.15) is 0 Å². The first-order chi connectivity index (χ1) is 9.36. The lowest BCUT2D eigenvalue weighted by Gasteiger charge is -2.13. The van der Waals surface area contributed by atoms with Crippen molar-refractivity contribution in [1.29, 1.82) is 0 Å². The Kier molecular flexibility index (Phi) is 5.78. The highest BCUT2D eigenvalue weighted by molar-refractivity contribution is 5.93. The fraction of sp³-hybridized carbons (Fsp3) is 0.417. The quantitative estimate of drug-likeness (QED) is 0.343. The Morgan fingerprint density at radius 2 is 2.15 bits per heavy atom. The molecule has 0 radical (unpaired) electrons. The van der Waals surface area contributed by atoms with Crippen LogP contribution >= 0.6 is 0 Å². The highest BCUT2D eigenvalue weighted by Gasteiger charge is 2.30. The van der Waals surface area contributed by atoms with Gasteiger partial charge < -0.3 is 10.1 Å². The Bertz CT molecular complexity index is 462. The summed E-state index contributed by atoms with van der Waals surface area (Å²) in [6.45, 7) is 2.16. The highest BCUT2D eigenvalue weighted by Crippen LogP contribution is 2.30. The second kappa shape index (κ2) is 7.11. The number of hydrazine groups is 1. The Morgan fingerprint density at radius 1 is 1.45 bits per heavy atom. The minimum absolute atomic E-state index is 0.161. The minimum atomic E-state index is -4.39. The molecule has 0 saturated carbocycles. The zero-order valence-electron chi connectivity index (χ0n) is 11.2. The van der Waals surface area contributed by atoms with Crippen LogP contribution in [0.25, 0.3) is 0 Å². The van der Waals surface area contributed by atoms with Crippen molar-refractivity contribution >= 4 is 11.6 Å². The first-order valence-electron chi connectivity index (χ1n) is 5.84. The van der Waals surface area contributed by atoms with Crippen molar-refractivity contribution in [2.75, 3.05) is 19.0 Å². The molecule has 5 nitrogen and oxygen atoms in total. The van der Waals surface area contributed by atoms with E-state index in [4.69, 9.17) is 10.6 Å². The van der Waals surface area contributed by atoms with Crippen LogP contribution in [0.3, 0.4) is 0 Å². The van der Waals surface area contributed by atoms with Crippen LogP contribution in [0.2, 0.25) is 0 Å². The zero-order valence-corrected chi connectivity index (χ0v) is 11.2. The molecule has 0 aliphatic heterocycles. The number of aliphatic imine (C=N–C) groups is 1. The lowest BCUT2D eigenvalue weighted by molar-refractivity contribution is -0.137. The van der Waals surface area contributed by atoms with E-state index in [2.05, 4.69) is 15.7 Å². The normalized spacial score (nSPS) is 14.0. The van der Waals surface area contributed by atoms with Gasteiger partial charge in [-0.1, -0.05) is 6.07 Å². The Labute approximate surface area is 115 Å². The van der Waals surface area contributed by atoms with Crippen molar-refractivity contribution in [3.05, 3.63) is 29.8 Å². The van der Waals surface area contributed by atoms with Crippen molar-refractivity contribution in [2.45, 2.75) is 19.1 Å². The highest BCUT2D eigenvalue weighted by atomic mass is 19.4. The second-order valence-electron chi connectivity index (χ2n) is 4.13. The van der Waals surface area contributed by atoms with E-state index >= 15 is 0 Å². The number of hydrogen-bond acceptors (Lipinski definition) is 3. The van der Waals surface area contributed by atoms with E-state index in [9.17, 15) is 13.2 Å². The molecular weight excluding hydrogens is 273 g/mol. The first-order valence-corrected chi connectivity index (χ1v) is 5.84. The molecule has 1 atom stereocenters. The zero-order chi connectivity index (χ0) is 15.2. The Balaban J connectivity index is 2.85. The van der Waals surface area contributed by atoms with Crippen molar-refractivity contribution in [1.82, 2.24) is 5.43 Å². The number of anilines is 1. The number of rotatable bonds is 4. The summed E-state index contributed by atoms with van der Waals surface area (Å²) in [5.74, 6) is 5.44. The summed E-state index contributed by atoms with van der Waals surface area (Å²) in [4.78, 5) is 4.14. The molecule has 0 fully saturated rings. The monoisotopic (exact) mass is 290 g/mol. The number of halogens is 3. The molecule has 0 aliphatic rings. The maximum atomic E-state index is 12.6. The molecule has 4 N–H and O–H groups in total. The van der Waals surface area contributed by atoms with E-state index in [0.717, 1.165) is 12.1 Å². The Hall–Kier alpha value is -1.80. The second-order valence-corrected chi connectivity index (χ2v) is 4.13. The van der Waals surface area contributed by atoms with Gasteiger partial charge in [0, 0.05) is 12.8 Å². The minimum Gasteiger partial charge on any atom is -0.382 e. The summed E-state index contributed by atoms with van der Waals surface area (Å²) in [6.07, 6.45) is -4.39. The predicted molar refractivity (Wildman–Crippen MR) is 71.2 cm³/mol. The maximum Gasteiger partial charge on any atom is 0.416 e. The molecule has 1 aromatic rings. The predicted octanol–water partition coefficient (Wildman–Crippen LogP) is 1.97. The SMILES string of the molecule is COCC(C)N=C(NN)Nc1cccc(C(F)(F)F)c1. The fourth-order valence-corrected chi connectivity index (χ4v) is 1.51. The van der Waals surface area contributed by atoms with Gasteiger partial charge in [0.25, 0.3) is 0 Å². The third kappa shape index (κ3) is 5.06. The van der Waals surface area contributed by atoms with Gasteiger partial charge in [-0.3, -0.25) is 5.43 Å². The molecule has 1 unspecified atom stereocenters. The molecule has 1 rings (SSSR count). The number of nitrogens with one attached hydrogen (secondary N) is 2. The summed E-state index contributed by atoms with van der Waals surface area (Å²) in [5.41, 5.74) is 1.79. The number of methoxy groups -OCH3 is 1. The van der Waals surface area contributed by atoms with Gasteiger partial charge in [-0.25, -0.2) is 10.8 Å². The lowest BCUT2D eigenvalue weighted by Crippen LogP contribution is -2.37. The molecular formula is C12H17F3N4O. The number of alkyl halides is 3. The van der Waals surface area contributed by atoms with Gasteiger partial charge in [0.2, 0.25) is 5.96 Å². The molecule has 0 spiro atoms. The topological polar surface area (TPSA) is 71.7 Å². The van der Waals surface area contributed by atoms with Gasteiger partial charge >= 0.3 is 6.18 Å². The summed E-state index contributed by atoms with van der Waals surface area (Å²) in [6, 6.07) is 4.57. The van der Waals surface area contributed by atoms with Crippen LogP contribution in [0.1, 0.15) is 12.5 Å². The fourth-order valence-electron chi connectivity index (χ4n) is 1.51. The van der Waals surface area contributed by atoms with Gasteiger partial charge in [-0.15, -0.1) is 0 Å². The molecule has 0 amide bonds. The molecule has 0 aliphatic carbocycles. The van der Waals surface area contributed by atoms with Gasteiger partial charge in [-0.05, 0) is 25.1 Å². The van der Waals surface area contributed by atoms with Crippen LogP contribution in [0.15, 0.2) is 29.3 Å². The van der Waals surface area contributed by atoms with E-state index in [-0.39, 0.29) is 17.7 Å². The molecule has 20 heavy (non-hydrogen) atoms. The third-order valence-electron chi connectivity index (χ3n) is 2.35. The van der Waals surface area contributed by atoms with Crippen LogP contribution in [0.4, 0.5) is 18.9 Å². The third-order valence-corrected chi connectivity index (χ3v) is 2.35. The van der Waals surface area contributed by atoms with Gasteiger partial charge in [0.05, 0.1) is 18.2 Å². The van der Waals surface area contributed by atoms with Crippen molar-refractivity contribution < 1.29 is 17.9 Å². The largest absolute Gasteiger partial charge is 0.416 e. The summed E-state index contributed by atoms with van der Waals surface area (Å²) in [7, 11) is 1.53. The first kappa shape index (κ1) is 16.3. The van der Waals surface area contributed by atoms with Crippen LogP contribution < -0.4 is 16.6 Å². The van der Waals surface area contributed by atoms with Crippen LogP contribution in [-0.4, -0.2) is 25.7 Å². The van der Waals surface area contributed by atoms with E-state index in [1.165, 1.54) is 19.2 Å². The van der Waals surface area contributed by atoms with Crippen LogP contribution in [0, 0.1) is 0 Å². The molecule has 0 aromatic heterocycles. The lowest BCUT2D eigenvalue weighted by atomic mass is 10.2. The van der Waals surface area contributed by atoms with E-state index in [1.54, 1.807) is 6.92 Å². The van der Waals surface area contributed by atoms with Gasteiger partial charge in [-0.2, -0.15) is 13.2 Å². The number of ether oxygens (including phenoxy) is 1. The van der Waals surface area contributed by atoms with Gasteiger partial charge in [0.15, 0.2) is 0 Å². The van der Waals surface area contributed by atoms with Crippen LogP contribution in [-0.2, 0) is 10.9 Å².